The second-order valence-corrected chi connectivity index (χ2v) is 5.55. The smallest absolute Gasteiger partial charge is 0.242 e. The zero-order valence-electron chi connectivity index (χ0n) is 10.4. The largest absolute Gasteiger partial charge is 0.370 e. The molecule has 1 unspecified atom stereocenters. The fourth-order valence-electron chi connectivity index (χ4n) is 1.24. The van der Waals surface area contributed by atoms with E-state index in [0.717, 1.165) is 13.0 Å². The van der Waals surface area contributed by atoms with Crippen molar-refractivity contribution in [3.8, 4) is 0 Å². The van der Waals surface area contributed by atoms with Crippen LogP contribution in [0.4, 0.5) is 5.82 Å². The Bertz CT molecular complexity index is 442. The molecule has 0 spiro atoms. The number of hydrogen-bond donors (Lipinski definition) is 2. The van der Waals surface area contributed by atoms with Crippen molar-refractivity contribution in [3.05, 3.63) is 18.3 Å². The maximum Gasteiger partial charge on any atom is 0.242 e. The van der Waals surface area contributed by atoms with Crippen molar-refractivity contribution in [2.45, 2.75) is 38.1 Å². The van der Waals surface area contributed by atoms with Crippen LogP contribution in [0.25, 0.3) is 0 Å². The lowest BCUT2D eigenvalue weighted by molar-refractivity contribution is 0.555. The van der Waals surface area contributed by atoms with E-state index in [0.29, 0.717) is 5.82 Å². The predicted octanol–water partition coefficient (Wildman–Crippen LogP) is 1.59. The number of sulfonamides is 1. The molecule has 6 heteroatoms. The summed E-state index contributed by atoms with van der Waals surface area (Å²) in [6, 6.07) is 3.14. The van der Waals surface area contributed by atoms with E-state index in [4.69, 9.17) is 0 Å². The minimum atomic E-state index is -3.44. The third kappa shape index (κ3) is 3.98. The van der Waals surface area contributed by atoms with Crippen LogP contribution in [0.1, 0.15) is 27.2 Å². The SMILES string of the molecule is CCNc1ccc(S(=O)(=O)NC(C)CC)cn1. The maximum absolute atomic E-state index is 11.9. The number of nitrogens with zero attached hydrogens (tertiary/aromatic N) is 1. The fraction of sp³-hybridized carbons (Fsp3) is 0.545. The Kier molecular flexibility index (Phi) is 4.89. The molecule has 0 bridgehead atoms. The Balaban J connectivity index is 2.85. The second-order valence-electron chi connectivity index (χ2n) is 3.84. The first kappa shape index (κ1) is 13.9. The van der Waals surface area contributed by atoms with E-state index in [1.807, 2.05) is 20.8 Å². The first-order valence-corrected chi connectivity index (χ1v) is 7.20. The van der Waals surface area contributed by atoms with Gasteiger partial charge in [-0.15, -0.1) is 0 Å². The highest BCUT2D eigenvalue weighted by Crippen LogP contribution is 2.11. The molecule has 0 saturated carbocycles. The van der Waals surface area contributed by atoms with Gasteiger partial charge in [0.25, 0.3) is 0 Å². The van der Waals surface area contributed by atoms with Crippen LogP contribution in [0.2, 0.25) is 0 Å². The van der Waals surface area contributed by atoms with Gasteiger partial charge >= 0.3 is 0 Å². The van der Waals surface area contributed by atoms with Crippen molar-refractivity contribution >= 4 is 15.8 Å². The molecule has 5 nitrogen and oxygen atoms in total. The Hall–Kier alpha value is -1.14. The van der Waals surface area contributed by atoms with Crippen molar-refractivity contribution in [3.63, 3.8) is 0 Å². The molecule has 0 fully saturated rings. The van der Waals surface area contributed by atoms with Gasteiger partial charge in [-0.25, -0.2) is 18.1 Å². The normalized spacial score (nSPS) is 13.4. The summed E-state index contributed by atoms with van der Waals surface area (Å²) in [5.41, 5.74) is 0. The van der Waals surface area contributed by atoms with Gasteiger partial charge in [-0.05, 0) is 32.4 Å². The summed E-state index contributed by atoms with van der Waals surface area (Å²) in [5, 5.41) is 3.01. The van der Waals surface area contributed by atoms with Gasteiger partial charge in [0.1, 0.15) is 10.7 Å². The highest BCUT2D eigenvalue weighted by molar-refractivity contribution is 7.89. The Labute approximate surface area is 103 Å². The third-order valence-corrected chi connectivity index (χ3v) is 3.95. The van der Waals surface area contributed by atoms with E-state index in [-0.39, 0.29) is 10.9 Å². The van der Waals surface area contributed by atoms with Gasteiger partial charge in [-0.2, -0.15) is 0 Å². The highest BCUT2D eigenvalue weighted by atomic mass is 32.2. The van der Waals surface area contributed by atoms with Gasteiger partial charge in [0.2, 0.25) is 10.0 Å². The van der Waals surface area contributed by atoms with E-state index in [1.54, 1.807) is 12.1 Å². The molecular formula is C11H19N3O2S. The van der Waals surface area contributed by atoms with Gasteiger partial charge < -0.3 is 5.32 Å². The Morgan fingerprint density at radius 3 is 2.53 bits per heavy atom. The third-order valence-electron chi connectivity index (χ3n) is 2.37. The van der Waals surface area contributed by atoms with Crippen LogP contribution in [-0.2, 0) is 10.0 Å². The summed E-state index contributed by atoms with van der Waals surface area (Å²) >= 11 is 0. The summed E-state index contributed by atoms with van der Waals surface area (Å²) in [4.78, 5) is 4.23. The van der Waals surface area contributed by atoms with E-state index in [2.05, 4.69) is 15.0 Å². The van der Waals surface area contributed by atoms with Gasteiger partial charge in [-0.3, -0.25) is 0 Å². The zero-order valence-corrected chi connectivity index (χ0v) is 11.2. The van der Waals surface area contributed by atoms with Crippen LogP contribution < -0.4 is 10.0 Å². The second kappa shape index (κ2) is 5.97. The minimum absolute atomic E-state index is 0.0755. The molecule has 0 saturated heterocycles. The molecule has 0 radical (unpaired) electrons. The van der Waals surface area contributed by atoms with Crippen LogP contribution in [0.5, 0.6) is 0 Å². The quantitative estimate of drug-likeness (QED) is 0.812. The van der Waals surface area contributed by atoms with E-state index >= 15 is 0 Å². The summed E-state index contributed by atoms with van der Waals surface area (Å²) in [5.74, 6) is 0.676. The van der Waals surface area contributed by atoms with Crippen LogP contribution >= 0.6 is 0 Å². The van der Waals surface area contributed by atoms with E-state index in [1.165, 1.54) is 6.20 Å². The van der Waals surface area contributed by atoms with Crippen LogP contribution in [0, 0.1) is 0 Å². The summed E-state index contributed by atoms with van der Waals surface area (Å²) in [6.07, 6.45) is 2.12. The molecule has 1 aromatic rings. The zero-order chi connectivity index (χ0) is 12.9. The molecule has 0 aliphatic heterocycles. The molecule has 0 aromatic carbocycles. The number of anilines is 1. The average Bonchev–Trinajstić information content (AvgIpc) is 2.29. The maximum atomic E-state index is 11.9. The number of pyridine rings is 1. The lowest BCUT2D eigenvalue weighted by Gasteiger charge is -2.12. The molecule has 1 heterocycles. The molecule has 96 valence electrons. The fourth-order valence-corrected chi connectivity index (χ4v) is 2.51. The van der Waals surface area contributed by atoms with E-state index < -0.39 is 10.0 Å². The van der Waals surface area contributed by atoms with Crippen molar-refractivity contribution in [2.75, 3.05) is 11.9 Å². The molecule has 2 N–H and O–H groups in total. The van der Waals surface area contributed by atoms with E-state index in [9.17, 15) is 8.42 Å². The topological polar surface area (TPSA) is 71.1 Å². The highest BCUT2D eigenvalue weighted by Gasteiger charge is 2.16. The van der Waals surface area contributed by atoms with Crippen LogP contribution in [-0.4, -0.2) is 26.0 Å². The van der Waals surface area contributed by atoms with Crippen molar-refractivity contribution < 1.29 is 8.42 Å². The van der Waals surface area contributed by atoms with Gasteiger partial charge in [0.15, 0.2) is 0 Å². The van der Waals surface area contributed by atoms with Gasteiger partial charge in [0, 0.05) is 18.8 Å². The first-order valence-electron chi connectivity index (χ1n) is 5.71. The van der Waals surface area contributed by atoms with Crippen LogP contribution in [0.15, 0.2) is 23.2 Å². The summed E-state index contributed by atoms with van der Waals surface area (Å²) < 4.78 is 26.4. The van der Waals surface area contributed by atoms with Crippen molar-refractivity contribution in [2.24, 2.45) is 0 Å². The standard InChI is InChI=1S/C11H19N3O2S/c1-4-9(3)14-17(15,16)10-6-7-11(12-5-2)13-8-10/h6-9,14H,4-5H2,1-3H3,(H,12,13). The number of hydrogen-bond acceptors (Lipinski definition) is 4. The molecule has 0 amide bonds. The molecule has 1 atom stereocenters. The number of rotatable bonds is 6. The molecule has 0 aliphatic carbocycles. The molecule has 1 rings (SSSR count). The average molecular weight is 257 g/mol. The van der Waals surface area contributed by atoms with Gasteiger partial charge in [0.05, 0.1) is 0 Å². The molecular weight excluding hydrogens is 238 g/mol. The summed E-state index contributed by atoms with van der Waals surface area (Å²) in [6.45, 7) is 6.47. The molecule has 17 heavy (non-hydrogen) atoms. The number of nitrogens with one attached hydrogen (secondary N) is 2. The molecule has 0 aliphatic rings. The predicted molar refractivity (Wildman–Crippen MR) is 68.5 cm³/mol. The number of aromatic nitrogens is 1. The first-order chi connectivity index (χ1) is 7.99. The Morgan fingerprint density at radius 2 is 2.06 bits per heavy atom. The van der Waals surface area contributed by atoms with Crippen molar-refractivity contribution in [1.82, 2.24) is 9.71 Å². The monoisotopic (exact) mass is 257 g/mol. The van der Waals surface area contributed by atoms with Crippen molar-refractivity contribution in [1.29, 1.82) is 0 Å². The van der Waals surface area contributed by atoms with Gasteiger partial charge in [-0.1, -0.05) is 6.92 Å². The molecule has 1 aromatic heterocycles. The minimum Gasteiger partial charge on any atom is -0.370 e. The van der Waals surface area contributed by atoms with Crippen LogP contribution in [0.3, 0.4) is 0 Å². The summed E-state index contributed by atoms with van der Waals surface area (Å²) in [7, 11) is -3.44. The lowest BCUT2D eigenvalue weighted by Crippen LogP contribution is -2.32. The lowest BCUT2D eigenvalue weighted by atomic mass is 10.3. The Morgan fingerprint density at radius 1 is 1.35 bits per heavy atom.